The number of hydrazine groups is 1. The van der Waals surface area contributed by atoms with Crippen LogP contribution in [-0.2, 0) is 32.0 Å². The predicted molar refractivity (Wildman–Crippen MR) is 154 cm³/mol. The molecule has 2 aromatic carbocycles. The van der Waals surface area contributed by atoms with Gasteiger partial charge in [-0.05, 0) is 57.1 Å². The minimum Gasteiger partial charge on any atom is -0.444 e. The van der Waals surface area contributed by atoms with Crippen LogP contribution in [-0.4, -0.2) is 47.5 Å². The summed E-state index contributed by atoms with van der Waals surface area (Å²) in [5, 5.41) is 8.19. The molecule has 0 saturated carbocycles. The molecule has 2 aromatic rings. The van der Waals surface area contributed by atoms with Gasteiger partial charge in [-0.2, -0.15) is 0 Å². The molecule has 3 atom stereocenters. The van der Waals surface area contributed by atoms with E-state index in [-0.39, 0.29) is 18.8 Å². The Kier molecular flexibility index (Phi) is 12.6. The Morgan fingerprint density at radius 3 is 1.80 bits per heavy atom. The first-order chi connectivity index (χ1) is 18.9. The molecule has 10 heteroatoms. The number of hydrogen-bond donors (Lipinski definition) is 5. The lowest BCUT2D eigenvalue weighted by atomic mass is 10.00. The van der Waals surface area contributed by atoms with Gasteiger partial charge in [-0.25, -0.2) is 10.6 Å². The van der Waals surface area contributed by atoms with Crippen molar-refractivity contribution in [3.63, 3.8) is 0 Å². The zero-order valence-corrected chi connectivity index (χ0v) is 24.0. The Balaban J connectivity index is 2.20. The molecule has 2 rings (SSSR count). The van der Waals surface area contributed by atoms with Gasteiger partial charge in [-0.1, -0.05) is 74.5 Å². The molecule has 0 aromatic heterocycles. The number of carbonyl (C=O) groups is 4. The number of alkyl carbamates (subject to hydrolysis) is 1. The number of nitrogens with two attached hydrogens (primary N) is 1. The van der Waals surface area contributed by atoms with E-state index in [1.807, 2.05) is 74.5 Å². The highest BCUT2D eigenvalue weighted by molar-refractivity contribution is 5.93. The number of amides is 4. The molecule has 0 fully saturated rings. The van der Waals surface area contributed by atoms with Gasteiger partial charge in [0.1, 0.15) is 23.7 Å². The molecule has 0 aliphatic heterocycles. The van der Waals surface area contributed by atoms with Gasteiger partial charge in [-0.15, -0.1) is 0 Å². The van der Waals surface area contributed by atoms with Gasteiger partial charge in [0.15, 0.2) is 0 Å². The Hall–Kier alpha value is -3.92. The van der Waals surface area contributed by atoms with E-state index in [0.717, 1.165) is 11.1 Å². The number of benzene rings is 2. The fraction of sp³-hybridized carbons (Fsp3) is 0.467. The highest BCUT2D eigenvalue weighted by Crippen LogP contribution is 2.12. The van der Waals surface area contributed by atoms with E-state index in [1.54, 1.807) is 20.8 Å². The Bertz CT molecular complexity index is 1100. The first-order valence-electron chi connectivity index (χ1n) is 13.6. The van der Waals surface area contributed by atoms with E-state index >= 15 is 0 Å². The fourth-order valence-electron chi connectivity index (χ4n) is 4.08. The van der Waals surface area contributed by atoms with Crippen LogP contribution in [0, 0.1) is 5.92 Å². The molecular weight excluding hydrogens is 510 g/mol. The van der Waals surface area contributed by atoms with Crippen LogP contribution in [0.15, 0.2) is 60.7 Å². The van der Waals surface area contributed by atoms with Crippen LogP contribution in [0.2, 0.25) is 0 Å². The summed E-state index contributed by atoms with van der Waals surface area (Å²) in [6.07, 6.45) is 0.617. The van der Waals surface area contributed by atoms with Crippen molar-refractivity contribution in [1.82, 2.24) is 21.4 Å². The summed E-state index contributed by atoms with van der Waals surface area (Å²) < 4.78 is 5.37. The van der Waals surface area contributed by atoms with Crippen molar-refractivity contribution < 1.29 is 23.9 Å². The lowest BCUT2D eigenvalue weighted by molar-refractivity contribution is -0.133. The van der Waals surface area contributed by atoms with E-state index in [2.05, 4.69) is 21.4 Å². The largest absolute Gasteiger partial charge is 0.444 e. The predicted octanol–water partition coefficient (Wildman–Crippen LogP) is 2.76. The standard InChI is InChI=1S/C30H43N5O5/c1-20(2)18-24(27(37)33-25(28(38)35-31)19-22-14-10-7-11-15-22)32-26(36)23(34-29(39)40-30(3,4)5)17-16-21-12-8-6-9-13-21/h6-15,20,23-25H,16-19,31H2,1-5H3,(H,32,36)(H,33,37)(H,34,39)(H,35,38)/t23-,24-,25-/m0/s1. The number of rotatable bonds is 13. The highest BCUT2D eigenvalue weighted by Gasteiger charge is 2.31. The molecule has 218 valence electrons. The van der Waals surface area contributed by atoms with Crippen LogP contribution in [0.4, 0.5) is 4.79 Å². The third kappa shape index (κ3) is 11.9. The van der Waals surface area contributed by atoms with E-state index in [0.29, 0.717) is 12.8 Å². The molecule has 6 N–H and O–H groups in total. The van der Waals surface area contributed by atoms with E-state index in [1.165, 1.54) is 0 Å². The maximum absolute atomic E-state index is 13.5. The summed E-state index contributed by atoms with van der Waals surface area (Å²) >= 11 is 0. The molecule has 0 radical (unpaired) electrons. The van der Waals surface area contributed by atoms with Crippen LogP contribution in [0.5, 0.6) is 0 Å². The minimum absolute atomic E-state index is 0.0496. The van der Waals surface area contributed by atoms with E-state index in [4.69, 9.17) is 10.6 Å². The minimum atomic E-state index is -0.954. The van der Waals surface area contributed by atoms with Crippen molar-refractivity contribution in [2.24, 2.45) is 11.8 Å². The van der Waals surface area contributed by atoms with Gasteiger partial charge in [-0.3, -0.25) is 19.8 Å². The van der Waals surface area contributed by atoms with Crippen molar-refractivity contribution in [3.8, 4) is 0 Å². The summed E-state index contributed by atoms with van der Waals surface area (Å²) in [7, 11) is 0. The van der Waals surface area contributed by atoms with Crippen LogP contribution < -0.4 is 27.2 Å². The summed E-state index contributed by atoms with van der Waals surface area (Å²) in [6.45, 7) is 9.05. The number of aryl methyl sites for hydroxylation is 1. The van der Waals surface area contributed by atoms with Crippen molar-refractivity contribution in [2.45, 2.75) is 84.0 Å². The number of hydrogen-bond acceptors (Lipinski definition) is 6. The van der Waals surface area contributed by atoms with Crippen molar-refractivity contribution in [1.29, 1.82) is 0 Å². The Labute approximate surface area is 236 Å². The Morgan fingerprint density at radius 2 is 1.27 bits per heavy atom. The number of nitrogens with one attached hydrogen (secondary N) is 4. The van der Waals surface area contributed by atoms with Gasteiger partial charge in [0.25, 0.3) is 5.91 Å². The molecule has 0 aliphatic carbocycles. The average molecular weight is 554 g/mol. The number of carbonyl (C=O) groups excluding carboxylic acids is 4. The lowest BCUT2D eigenvalue weighted by Crippen LogP contribution is -2.58. The van der Waals surface area contributed by atoms with Crippen LogP contribution in [0.3, 0.4) is 0 Å². The lowest BCUT2D eigenvalue weighted by Gasteiger charge is -2.27. The summed E-state index contributed by atoms with van der Waals surface area (Å²) in [5.41, 5.74) is 3.19. The maximum atomic E-state index is 13.5. The molecule has 10 nitrogen and oxygen atoms in total. The van der Waals surface area contributed by atoms with Crippen molar-refractivity contribution >= 4 is 23.8 Å². The fourth-order valence-corrected chi connectivity index (χ4v) is 4.08. The first-order valence-corrected chi connectivity index (χ1v) is 13.6. The normalized spacial score (nSPS) is 13.5. The maximum Gasteiger partial charge on any atom is 0.408 e. The SMILES string of the molecule is CC(C)C[C@H](NC(=O)[C@H](CCc1ccccc1)NC(=O)OC(C)(C)C)C(=O)N[C@@H](Cc1ccccc1)C(=O)NN. The zero-order chi connectivity index (χ0) is 29.7. The van der Waals surface area contributed by atoms with Crippen LogP contribution in [0.1, 0.15) is 58.6 Å². The highest BCUT2D eigenvalue weighted by atomic mass is 16.6. The second-order valence-electron chi connectivity index (χ2n) is 11.2. The molecule has 40 heavy (non-hydrogen) atoms. The quantitative estimate of drug-likeness (QED) is 0.146. The van der Waals surface area contributed by atoms with Gasteiger partial charge >= 0.3 is 6.09 Å². The third-order valence-corrected chi connectivity index (χ3v) is 5.97. The summed E-state index contributed by atoms with van der Waals surface area (Å²) in [5.74, 6) is 3.83. The van der Waals surface area contributed by atoms with Gasteiger partial charge < -0.3 is 20.7 Å². The topological polar surface area (TPSA) is 152 Å². The smallest absolute Gasteiger partial charge is 0.408 e. The molecule has 0 aliphatic rings. The van der Waals surface area contributed by atoms with Gasteiger partial charge in [0.05, 0.1) is 0 Å². The zero-order valence-electron chi connectivity index (χ0n) is 24.0. The Morgan fingerprint density at radius 1 is 0.750 bits per heavy atom. The first kappa shape index (κ1) is 32.3. The third-order valence-electron chi connectivity index (χ3n) is 5.97. The molecule has 4 amide bonds. The molecular formula is C30H43N5O5. The molecule has 0 bridgehead atoms. The summed E-state index contributed by atoms with van der Waals surface area (Å²) in [4.78, 5) is 51.9. The molecule has 0 spiro atoms. The van der Waals surface area contributed by atoms with Crippen molar-refractivity contribution in [3.05, 3.63) is 71.8 Å². The molecule has 0 saturated heterocycles. The number of ether oxygens (including phenoxy) is 1. The monoisotopic (exact) mass is 553 g/mol. The second kappa shape index (κ2) is 15.6. The average Bonchev–Trinajstić information content (AvgIpc) is 2.89. The van der Waals surface area contributed by atoms with Gasteiger partial charge in [0, 0.05) is 6.42 Å². The van der Waals surface area contributed by atoms with Crippen LogP contribution in [0.25, 0.3) is 0 Å². The van der Waals surface area contributed by atoms with E-state index < -0.39 is 47.5 Å². The van der Waals surface area contributed by atoms with Crippen LogP contribution >= 0.6 is 0 Å². The van der Waals surface area contributed by atoms with E-state index in [9.17, 15) is 19.2 Å². The molecule has 0 unspecified atom stereocenters. The molecule has 0 heterocycles. The summed E-state index contributed by atoms with van der Waals surface area (Å²) in [6, 6.07) is 15.9. The second-order valence-corrected chi connectivity index (χ2v) is 11.2. The van der Waals surface area contributed by atoms with Gasteiger partial charge in [0.2, 0.25) is 11.8 Å². The van der Waals surface area contributed by atoms with Crippen molar-refractivity contribution in [2.75, 3.05) is 0 Å².